The second-order valence-electron chi connectivity index (χ2n) is 5.77. The van der Waals surface area contributed by atoms with Gasteiger partial charge in [-0.15, -0.1) is 0 Å². The average Bonchev–Trinajstić information content (AvgIpc) is 3.09. The predicted octanol–water partition coefficient (Wildman–Crippen LogP) is 0.294. The van der Waals surface area contributed by atoms with Crippen molar-refractivity contribution in [2.45, 2.75) is 12.1 Å². The van der Waals surface area contributed by atoms with E-state index in [4.69, 9.17) is 0 Å². The Morgan fingerprint density at radius 1 is 1.35 bits per heavy atom. The number of hydrogen-bond acceptors (Lipinski definition) is 7. The van der Waals surface area contributed by atoms with Crippen LogP contribution in [0.5, 0.6) is 0 Å². The molecule has 122 valence electrons. The fourth-order valence-electron chi connectivity index (χ4n) is 3.21. The molecule has 2 N–H and O–H groups in total. The van der Waals surface area contributed by atoms with Crippen LogP contribution in [0.2, 0.25) is 0 Å². The Labute approximate surface area is 137 Å². The van der Waals surface area contributed by atoms with E-state index < -0.39 is 9.84 Å². The van der Waals surface area contributed by atoms with Crippen molar-refractivity contribution < 1.29 is 13.2 Å². The molecular formula is C13H15N5O3S2. The van der Waals surface area contributed by atoms with Crippen molar-refractivity contribution in [1.29, 1.82) is 0 Å². The van der Waals surface area contributed by atoms with Crippen LogP contribution in [-0.2, 0) is 9.84 Å². The highest BCUT2D eigenvalue weighted by molar-refractivity contribution is 7.91. The molecular weight excluding hydrogens is 338 g/mol. The van der Waals surface area contributed by atoms with Gasteiger partial charge < -0.3 is 15.5 Å². The number of nitrogens with one attached hydrogen (secondary N) is 2. The molecule has 8 nitrogen and oxygen atoms in total. The minimum absolute atomic E-state index is 0.0144. The normalized spacial score (nSPS) is 26.2. The molecule has 2 amide bonds. The Balaban J connectivity index is 1.58. The Hall–Kier alpha value is -1.78. The van der Waals surface area contributed by atoms with Gasteiger partial charge in [0.1, 0.15) is 11.0 Å². The molecule has 10 heteroatoms. The summed E-state index contributed by atoms with van der Waals surface area (Å²) < 4.78 is 32.0. The van der Waals surface area contributed by atoms with E-state index in [9.17, 15) is 13.2 Å². The lowest BCUT2D eigenvalue weighted by Crippen LogP contribution is -2.59. The van der Waals surface area contributed by atoms with Crippen LogP contribution in [0.25, 0.3) is 11.0 Å². The molecule has 2 atom stereocenters. The van der Waals surface area contributed by atoms with Gasteiger partial charge in [0, 0.05) is 19.1 Å². The Bertz CT molecular complexity index is 865. The third kappa shape index (κ3) is 2.66. The Morgan fingerprint density at radius 3 is 3.09 bits per heavy atom. The van der Waals surface area contributed by atoms with Crippen LogP contribution in [0, 0.1) is 0 Å². The SMILES string of the molecule is O=C(Nc1cccc2nsnc12)N1CCN[C@H]2CS(=O)(=O)C[C@H]21. The first-order valence-corrected chi connectivity index (χ1v) is 9.81. The van der Waals surface area contributed by atoms with Crippen molar-refractivity contribution in [2.24, 2.45) is 0 Å². The van der Waals surface area contributed by atoms with E-state index in [2.05, 4.69) is 19.4 Å². The van der Waals surface area contributed by atoms with Gasteiger partial charge in [-0.25, -0.2) is 13.2 Å². The fraction of sp³-hybridized carbons (Fsp3) is 0.462. The minimum Gasteiger partial charge on any atom is -0.318 e. The number of amides is 2. The maximum absolute atomic E-state index is 12.6. The van der Waals surface area contributed by atoms with Gasteiger partial charge in [0.25, 0.3) is 0 Å². The number of benzene rings is 1. The van der Waals surface area contributed by atoms with E-state index in [1.54, 1.807) is 17.0 Å². The fourth-order valence-corrected chi connectivity index (χ4v) is 5.72. The van der Waals surface area contributed by atoms with E-state index in [0.717, 1.165) is 17.2 Å². The molecule has 0 aliphatic carbocycles. The molecule has 23 heavy (non-hydrogen) atoms. The van der Waals surface area contributed by atoms with Crippen LogP contribution in [-0.4, -0.2) is 64.8 Å². The molecule has 0 radical (unpaired) electrons. The summed E-state index contributed by atoms with van der Waals surface area (Å²) in [4.78, 5) is 14.2. The number of piperazine rings is 1. The number of nitrogens with zero attached hydrogens (tertiary/aromatic N) is 3. The number of fused-ring (bicyclic) bond motifs is 2. The standard InChI is InChI=1S/C13H15N5O3S2/c19-13(15-8-2-1-3-9-12(8)17-22-16-9)18-5-4-14-10-6-23(20,21)7-11(10)18/h1-3,10-11,14H,4-7H2,(H,15,19)/t10-,11+/m0/s1. The molecule has 1 aromatic heterocycles. The molecule has 1 aromatic carbocycles. The summed E-state index contributed by atoms with van der Waals surface area (Å²) in [7, 11) is -3.10. The zero-order chi connectivity index (χ0) is 16.0. The van der Waals surface area contributed by atoms with Gasteiger partial charge in [0.2, 0.25) is 0 Å². The summed E-state index contributed by atoms with van der Waals surface area (Å²) in [6.07, 6.45) is 0. The first kappa shape index (κ1) is 14.8. The zero-order valence-corrected chi connectivity index (χ0v) is 13.7. The van der Waals surface area contributed by atoms with E-state index in [-0.39, 0.29) is 29.6 Å². The highest BCUT2D eigenvalue weighted by atomic mass is 32.2. The maximum Gasteiger partial charge on any atom is 0.322 e. The van der Waals surface area contributed by atoms with Crippen LogP contribution in [0.3, 0.4) is 0 Å². The second-order valence-corrected chi connectivity index (χ2v) is 8.45. The van der Waals surface area contributed by atoms with Crippen molar-refractivity contribution in [1.82, 2.24) is 19.0 Å². The molecule has 2 aliphatic heterocycles. The van der Waals surface area contributed by atoms with E-state index >= 15 is 0 Å². The quantitative estimate of drug-likeness (QED) is 0.764. The van der Waals surface area contributed by atoms with Crippen LogP contribution >= 0.6 is 11.7 Å². The number of anilines is 1. The first-order valence-electron chi connectivity index (χ1n) is 7.26. The van der Waals surface area contributed by atoms with Crippen molar-refractivity contribution in [2.75, 3.05) is 29.9 Å². The zero-order valence-electron chi connectivity index (χ0n) is 12.1. The number of carbonyl (C=O) groups excluding carboxylic acids is 1. The number of sulfone groups is 1. The summed E-state index contributed by atoms with van der Waals surface area (Å²) in [6, 6.07) is 4.61. The molecule has 2 aromatic rings. The number of urea groups is 1. The lowest BCUT2D eigenvalue weighted by Gasteiger charge is -2.37. The summed E-state index contributed by atoms with van der Waals surface area (Å²) >= 11 is 1.09. The molecule has 4 rings (SSSR count). The summed E-state index contributed by atoms with van der Waals surface area (Å²) in [5, 5.41) is 6.04. The number of carbonyl (C=O) groups is 1. The molecule has 0 unspecified atom stereocenters. The van der Waals surface area contributed by atoms with Crippen molar-refractivity contribution in [3.63, 3.8) is 0 Å². The van der Waals surface area contributed by atoms with Gasteiger partial charge in [-0.3, -0.25) is 0 Å². The third-order valence-electron chi connectivity index (χ3n) is 4.27. The first-order chi connectivity index (χ1) is 11.0. The molecule has 0 spiro atoms. The molecule has 0 saturated carbocycles. The van der Waals surface area contributed by atoms with Crippen LogP contribution < -0.4 is 10.6 Å². The van der Waals surface area contributed by atoms with E-state index in [1.165, 1.54) is 0 Å². The topological polar surface area (TPSA) is 104 Å². The van der Waals surface area contributed by atoms with E-state index in [1.807, 2.05) is 6.07 Å². The number of rotatable bonds is 1. The Morgan fingerprint density at radius 2 is 2.22 bits per heavy atom. The summed E-state index contributed by atoms with van der Waals surface area (Å²) in [5.74, 6) is 0.105. The van der Waals surface area contributed by atoms with Gasteiger partial charge in [0.05, 0.1) is 35.0 Å². The summed E-state index contributed by atoms with van der Waals surface area (Å²) in [5.41, 5.74) is 1.98. The second kappa shape index (κ2) is 5.39. The number of aromatic nitrogens is 2. The van der Waals surface area contributed by atoms with Gasteiger partial charge in [-0.1, -0.05) is 6.07 Å². The van der Waals surface area contributed by atoms with Crippen LogP contribution in [0.4, 0.5) is 10.5 Å². The highest BCUT2D eigenvalue weighted by Gasteiger charge is 2.44. The summed E-state index contributed by atoms with van der Waals surface area (Å²) in [6.45, 7) is 1.07. The van der Waals surface area contributed by atoms with Crippen molar-refractivity contribution in [3.05, 3.63) is 18.2 Å². The van der Waals surface area contributed by atoms with Gasteiger partial charge in [0.15, 0.2) is 9.84 Å². The molecule has 0 bridgehead atoms. The molecule has 3 heterocycles. The minimum atomic E-state index is -3.10. The monoisotopic (exact) mass is 353 g/mol. The lowest BCUT2D eigenvalue weighted by atomic mass is 10.1. The third-order valence-corrected chi connectivity index (χ3v) is 6.53. The lowest BCUT2D eigenvalue weighted by molar-refractivity contribution is 0.163. The molecule has 2 saturated heterocycles. The molecule has 2 fully saturated rings. The average molecular weight is 353 g/mol. The largest absolute Gasteiger partial charge is 0.322 e. The van der Waals surface area contributed by atoms with Gasteiger partial charge in [-0.05, 0) is 12.1 Å². The van der Waals surface area contributed by atoms with Crippen molar-refractivity contribution >= 4 is 44.3 Å². The van der Waals surface area contributed by atoms with Gasteiger partial charge >= 0.3 is 6.03 Å². The van der Waals surface area contributed by atoms with Crippen molar-refractivity contribution in [3.8, 4) is 0 Å². The predicted molar refractivity (Wildman–Crippen MR) is 87.4 cm³/mol. The molecule has 2 aliphatic rings. The Kier molecular flexibility index (Phi) is 3.47. The smallest absolute Gasteiger partial charge is 0.318 e. The van der Waals surface area contributed by atoms with Crippen LogP contribution in [0.15, 0.2) is 18.2 Å². The number of hydrogen-bond donors (Lipinski definition) is 2. The van der Waals surface area contributed by atoms with Gasteiger partial charge in [-0.2, -0.15) is 8.75 Å². The highest BCUT2D eigenvalue weighted by Crippen LogP contribution is 2.24. The van der Waals surface area contributed by atoms with Crippen LogP contribution in [0.1, 0.15) is 0 Å². The maximum atomic E-state index is 12.6. The van der Waals surface area contributed by atoms with E-state index in [0.29, 0.717) is 24.3 Å².